The summed E-state index contributed by atoms with van der Waals surface area (Å²) in [7, 11) is 0. The van der Waals surface area contributed by atoms with Crippen molar-refractivity contribution in [3.63, 3.8) is 0 Å². The molecule has 1 unspecified atom stereocenters. The van der Waals surface area contributed by atoms with Gasteiger partial charge < -0.3 is 9.47 Å². The molecule has 0 radical (unpaired) electrons. The van der Waals surface area contributed by atoms with Crippen molar-refractivity contribution >= 4 is 11.9 Å². The van der Waals surface area contributed by atoms with Crippen LogP contribution in [0.15, 0.2) is 0 Å². The van der Waals surface area contributed by atoms with E-state index in [0.29, 0.717) is 19.4 Å². The second-order valence-corrected chi connectivity index (χ2v) is 3.41. The van der Waals surface area contributed by atoms with E-state index in [1.54, 1.807) is 6.92 Å². The number of rotatable bonds is 6. The van der Waals surface area contributed by atoms with E-state index in [9.17, 15) is 9.59 Å². The Morgan fingerprint density at radius 2 is 1.80 bits per heavy atom. The Labute approximate surface area is 90.9 Å². The molecule has 0 rings (SSSR count). The summed E-state index contributed by atoms with van der Waals surface area (Å²) < 4.78 is 10.1. The summed E-state index contributed by atoms with van der Waals surface area (Å²) in [5.41, 5.74) is -1.09. The zero-order chi connectivity index (χ0) is 11.9. The second-order valence-electron chi connectivity index (χ2n) is 3.41. The van der Waals surface area contributed by atoms with E-state index < -0.39 is 17.5 Å². The molecule has 15 heavy (non-hydrogen) atoms. The maximum absolute atomic E-state index is 11.7. The molecule has 0 N–H and O–H groups in total. The van der Waals surface area contributed by atoms with Crippen LogP contribution >= 0.6 is 0 Å². The molecule has 4 nitrogen and oxygen atoms in total. The predicted molar refractivity (Wildman–Crippen MR) is 56.3 cm³/mol. The number of ether oxygens (including phenoxy) is 2. The van der Waals surface area contributed by atoms with Crippen LogP contribution in [-0.2, 0) is 19.1 Å². The van der Waals surface area contributed by atoms with Crippen LogP contribution in [0.4, 0.5) is 0 Å². The smallest absolute Gasteiger partial charge is 0.350 e. The molecule has 0 amide bonds. The Morgan fingerprint density at radius 1 is 1.20 bits per heavy atom. The van der Waals surface area contributed by atoms with Crippen molar-refractivity contribution in [1.82, 2.24) is 0 Å². The minimum absolute atomic E-state index is 0.297. The fraction of sp³-hybridized carbons (Fsp3) is 0.818. The van der Waals surface area contributed by atoms with Crippen molar-refractivity contribution in [2.75, 3.05) is 6.61 Å². The van der Waals surface area contributed by atoms with Gasteiger partial charge in [0.05, 0.1) is 6.61 Å². The summed E-state index contributed by atoms with van der Waals surface area (Å²) >= 11 is 0. The molecule has 0 saturated carbocycles. The lowest BCUT2D eigenvalue weighted by Gasteiger charge is -2.29. The maximum atomic E-state index is 11.7. The van der Waals surface area contributed by atoms with E-state index in [0.717, 1.165) is 6.42 Å². The highest BCUT2D eigenvalue weighted by Gasteiger charge is 2.40. The standard InChI is InChI=1S/C11H20O4/c1-5-8-11(6-2,15-9(4)12)10(13)14-7-3/h5-8H2,1-4H3. The Kier molecular flexibility index (Phi) is 5.97. The van der Waals surface area contributed by atoms with Crippen LogP contribution in [0.5, 0.6) is 0 Å². The van der Waals surface area contributed by atoms with E-state index in [2.05, 4.69) is 0 Å². The normalized spacial score (nSPS) is 14.1. The van der Waals surface area contributed by atoms with Gasteiger partial charge in [-0.15, -0.1) is 0 Å². The Bertz CT molecular complexity index is 225. The topological polar surface area (TPSA) is 52.6 Å². The van der Waals surface area contributed by atoms with E-state index in [1.807, 2.05) is 13.8 Å². The van der Waals surface area contributed by atoms with E-state index in [-0.39, 0.29) is 0 Å². The van der Waals surface area contributed by atoms with Gasteiger partial charge in [0, 0.05) is 6.92 Å². The summed E-state index contributed by atoms with van der Waals surface area (Å²) in [5, 5.41) is 0. The first kappa shape index (κ1) is 13.9. The summed E-state index contributed by atoms with van der Waals surface area (Å²) in [6.45, 7) is 7.09. The number of hydrogen-bond acceptors (Lipinski definition) is 4. The molecule has 88 valence electrons. The van der Waals surface area contributed by atoms with E-state index in [4.69, 9.17) is 9.47 Å². The molecule has 0 aromatic heterocycles. The molecule has 0 aliphatic carbocycles. The molecule has 0 aromatic carbocycles. The fourth-order valence-electron chi connectivity index (χ4n) is 1.53. The maximum Gasteiger partial charge on any atom is 0.350 e. The Morgan fingerprint density at radius 3 is 2.13 bits per heavy atom. The van der Waals surface area contributed by atoms with Gasteiger partial charge in [0.2, 0.25) is 5.60 Å². The lowest BCUT2D eigenvalue weighted by Crippen LogP contribution is -2.43. The van der Waals surface area contributed by atoms with Gasteiger partial charge in [-0.05, 0) is 19.8 Å². The molecule has 0 aliphatic rings. The van der Waals surface area contributed by atoms with Gasteiger partial charge in [-0.1, -0.05) is 20.3 Å². The van der Waals surface area contributed by atoms with Gasteiger partial charge in [-0.25, -0.2) is 4.79 Å². The largest absolute Gasteiger partial charge is 0.463 e. The van der Waals surface area contributed by atoms with Crippen LogP contribution < -0.4 is 0 Å². The van der Waals surface area contributed by atoms with E-state index >= 15 is 0 Å². The molecule has 1 atom stereocenters. The van der Waals surface area contributed by atoms with Crippen LogP contribution in [-0.4, -0.2) is 24.1 Å². The van der Waals surface area contributed by atoms with Gasteiger partial charge in [0.15, 0.2) is 0 Å². The summed E-state index contributed by atoms with van der Waals surface area (Å²) in [4.78, 5) is 22.7. The SMILES string of the molecule is CCCC(CC)(OC(C)=O)C(=O)OCC. The highest BCUT2D eigenvalue weighted by molar-refractivity contribution is 5.82. The lowest BCUT2D eigenvalue weighted by atomic mass is 9.94. The van der Waals surface area contributed by atoms with Gasteiger partial charge in [0.1, 0.15) is 0 Å². The quantitative estimate of drug-likeness (QED) is 0.638. The lowest BCUT2D eigenvalue weighted by molar-refractivity contribution is -0.183. The van der Waals surface area contributed by atoms with Crippen LogP contribution in [0.2, 0.25) is 0 Å². The van der Waals surface area contributed by atoms with Crippen molar-refractivity contribution in [3.8, 4) is 0 Å². The van der Waals surface area contributed by atoms with Crippen molar-refractivity contribution in [1.29, 1.82) is 0 Å². The minimum Gasteiger partial charge on any atom is -0.463 e. The van der Waals surface area contributed by atoms with Gasteiger partial charge in [-0.2, -0.15) is 0 Å². The van der Waals surface area contributed by atoms with Crippen molar-refractivity contribution < 1.29 is 19.1 Å². The molecule has 0 bridgehead atoms. The van der Waals surface area contributed by atoms with Crippen LogP contribution in [0.3, 0.4) is 0 Å². The predicted octanol–water partition coefficient (Wildman–Crippen LogP) is 2.06. The van der Waals surface area contributed by atoms with E-state index in [1.165, 1.54) is 6.92 Å². The number of carbonyl (C=O) groups is 2. The molecule has 0 heterocycles. The molecule has 0 spiro atoms. The molecule has 0 aromatic rings. The summed E-state index contributed by atoms with van der Waals surface area (Å²) in [6, 6.07) is 0. The average molecular weight is 216 g/mol. The number of esters is 2. The molecule has 4 heteroatoms. The zero-order valence-electron chi connectivity index (χ0n) is 9.96. The Balaban J connectivity index is 4.77. The molecular weight excluding hydrogens is 196 g/mol. The van der Waals surface area contributed by atoms with Gasteiger partial charge in [-0.3, -0.25) is 4.79 Å². The Hall–Kier alpha value is -1.06. The first-order valence-electron chi connectivity index (χ1n) is 5.39. The van der Waals surface area contributed by atoms with Crippen molar-refractivity contribution in [2.45, 2.75) is 52.6 Å². The van der Waals surface area contributed by atoms with Crippen LogP contribution in [0.25, 0.3) is 0 Å². The first-order chi connectivity index (χ1) is 7.02. The third-order valence-electron chi connectivity index (χ3n) is 2.21. The zero-order valence-corrected chi connectivity index (χ0v) is 9.96. The fourth-order valence-corrected chi connectivity index (χ4v) is 1.53. The molecular formula is C11H20O4. The van der Waals surface area contributed by atoms with Crippen LogP contribution in [0.1, 0.15) is 47.0 Å². The average Bonchev–Trinajstić information content (AvgIpc) is 2.16. The molecule has 0 saturated heterocycles. The third kappa shape index (κ3) is 3.90. The van der Waals surface area contributed by atoms with Gasteiger partial charge in [0.25, 0.3) is 0 Å². The van der Waals surface area contributed by atoms with Crippen molar-refractivity contribution in [2.24, 2.45) is 0 Å². The highest BCUT2D eigenvalue weighted by Crippen LogP contribution is 2.24. The highest BCUT2D eigenvalue weighted by atomic mass is 16.6. The second kappa shape index (κ2) is 6.43. The molecule has 0 fully saturated rings. The number of hydrogen-bond donors (Lipinski definition) is 0. The summed E-state index contributed by atoms with van der Waals surface area (Å²) in [6.07, 6.45) is 1.71. The monoisotopic (exact) mass is 216 g/mol. The third-order valence-corrected chi connectivity index (χ3v) is 2.21. The first-order valence-corrected chi connectivity index (χ1v) is 5.39. The molecule has 0 aliphatic heterocycles. The van der Waals surface area contributed by atoms with Crippen molar-refractivity contribution in [3.05, 3.63) is 0 Å². The summed E-state index contributed by atoms with van der Waals surface area (Å²) in [5.74, 6) is -0.886. The van der Waals surface area contributed by atoms with Gasteiger partial charge >= 0.3 is 11.9 Å². The number of carbonyl (C=O) groups excluding carboxylic acids is 2. The van der Waals surface area contributed by atoms with Crippen LogP contribution in [0, 0.1) is 0 Å². The minimum atomic E-state index is -1.09.